The lowest BCUT2D eigenvalue weighted by molar-refractivity contribution is -0.132. The average molecular weight is 259 g/mol. The van der Waals surface area contributed by atoms with Gasteiger partial charge in [-0.25, -0.2) is 4.79 Å². The number of carboxylic acid groups (broad SMARTS) is 1. The van der Waals surface area contributed by atoms with Gasteiger partial charge in [-0.15, -0.1) is 0 Å². The number of hydrogen-bond acceptors (Lipinski definition) is 4. The Morgan fingerprint density at radius 1 is 1.37 bits per heavy atom. The van der Waals surface area contributed by atoms with Crippen LogP contribution in [0.5, 0.6) is 0 Å². The molecule has 0 radical (unpaired) electrons. The highest BCUT2D eigenvalue weighted by atomic mass is 16.4. The van der Waals surface area contributed by atoms with Gasteiger partial charge in [-0.1, -0.05) is 6.07 Å². The Labute approximate surface area is 112 Å². The average Bonchev–Trinajstić information content (AvgIpc) is 2.38. The Bertz CT molecular complexity index is 530. The fourth-order valence-electron chi connectivity index (χ4n) is 1.64. The van der Waals surface area contributed by atoms with Crippen LogP contribution in [0.15, 0.2) is 23.8 Å². The van der Waals surface area contributed by atoms with Gasteiger partial charge in [-0.3, -0.25) is 0 Å². The first-order valence-corrected chi connectivity index (χ1v) is 6.09. The van der Waals surface area contributed by atoms with Crippen LogP contribution in [-0.4, -0.2) is 24.2 Å². The Morgan fingerprint density at radius 3 is 2.58 bits per heavy atom. The molecule has 1 aromatic rings. The van der Waals surface area contributed by atoms with E-state index in [9.17, 15) is 4.79 Å². The number of carbonyl (C=O) groups is 1. The summed E-state index contributed by atoms with van der Waals surface area (Å²) in [6.45, 7) is 5.47. The van der Waals surface area contributed by atoms with Crippen LogP contribution < -0.4 is 10.6 Å². The molecule has 0 aliphatic carbocycles. The minimum atomic E-state index is -1.22. The van der Waals surface area contributed by atoms with Crippen LogP contribution in [0.1, 0.15) is 19.4 Å². The van der Waals surface area contributed by atoms with E-state index in [2.05, 4.69) is 10.6 Å². The molecule has 100 valence electrons. The molecule has 0 aliphatic heterocycles. The van der Waals surface area contributed by atoms with Crippen molar-refractivity contribution in [3.05, 3.63) is 29.3 Å². The molecule has 0 saturated carbocycles. The summed E-state index contributed by atoms with van der Waals surface area (Å²) >= 11 is 0. The first-order chi connectivity index (χ1) is 9.12. The van der Waals surface area contributed by atoms with Gasteiger partial charge in [0.25, 0.3) is 0 Å². The van der Waals surface area contributed by atoms with Gasteiger partial charge in [-0.05, 0) is 37.6 Å². The molecule has 1 aromatic carbocycles. The van der Waals surface area contributed by atoms with Crippen LogP contribution >= 0.6 is 0 Å². The van der Waals surface area contributed by atoms with Crippen molar-refractivity contribution in [3.8, 4) is 6.07 Å². The van der Waals surface area contributed by atoms with Crippen LogP contribution in [0.2, 0.25) is 0 Å². The second kappa shape index (κ2) is 7.07. The Balaban J connectivity index is 3.19. The van der Waals surface area contributed by atoms with E-state index in [1.165, 1.54) is 6.08 Å². The molecule has 0 heterocycles. The van der Waals surface area contributed by atoms with E-state index >= 15 is 0 Å². The molecule has 0 aromatic heterocycles. The van der Waals surface area contributed by atoms with Gasteiger partial charge in [0.2, 0.25) is 0 Å². The fraction of sp³-hybridized carbons (Fsp3) is 0.286. The maximum Gasteiger partial charge on any atom is 0.346 e. The lowest BCUT2D eigenvalue weighted by atomic mass is 10.1. The van der Waals surface area contributed by atoms with Crippen molar-refractivity contribution in [2.75, 3.05) is 23.7 Å². The standard InChI is InChI=1S/C14H17N3O2/c1-3-16-12-6-5-10(13(8-12)17-4-2)7-11(9-15)14(18)19/h5-8,16-17H,3-4H2,1-2H3,(H,18,19)/b11-7+. The van der Waals surface area contributed by atoms with Crippen LogP contribution in [0, 0.1) is 11.3 Å². The van der Waals surface area contributed by atoms with Crippen molar-refractivity contribution >= 4 is 23.4 Å². The first kappa shape index (κ1) is 14.6. The number of nitrogens with zero attached hydrogens (tertiary/aromatic N) is 1. The molecule has 0 fully saturated rings. The highest BCUT2D eigenvalue weighted by molar-refractivity contribution is 5.97. The number of nitrogens with one attached hydrogen (secondary N) is 2. The fourth-order valence-corrected chi connectivity index (χ4v) is 1.64. The lowest BCUT2D eigenvalue weighted by Crippen LogP contribution is -2.03. The monoisotopic (exact) mass is 259 g/mol. The number of rotatable bonds is 6. The zero-order chi connectivity index (χ0) is 14.3. The molecule has 1 rings (SSSR count). The molecule has 5 heteroatoms. The molecule has 0 bridgehead atoms. The van der Waals surface area contributed by atoms with Gasteiger partial charge in [-0.2, -0.15) is 5.26 Å². The molecule has 5 nitrogen and oxygen atoms in total. The van der Waals surface area contributed by atoms with Crippen molar-refractivity contribution in [2.24, 2.45) is 0 Å². The Kier molecular flexibility index (Phi) is 5.42. The zero-order valence-corrected chi connectivity index (χ0v) is 11.0. The van der Waals surface area contributed by atoms with Crippen molar-refractivity contribution in [1.29, 1.82) is 5.26 Å². The summed E-state index contributed by atoms with van der Waals surface area (Å²) < 4.78 is 0. The number of benzene rings is 1. The van der Waals surface area contributed by atoms with E-state index in [0.29, 0.717) is 12.1 Å². The molecule has 19 heavy (non-hydrogen) atoms. The second-order valence-corrected chi connectivity index (χ2v) is 3.84. The molecule has 0 atom stereocenters. The summed E-state index contributed by atoms with van der Waals surface area (Å²) in [5, 5.41) is 24.0. The summed E-state index contributed by atoms with van der Waals surface area (Å²) in [5.41, 5.74) is 2.15. The van der Waals surface area contributed by atoms with E-state index in [4.69, 9.17) is 10.4 Å². The van der Waals surface area contributed by atoms with E-state index in [0.717, 1.165) is 17.9 Å². The predicted octanol–water partition coefficient (Wildman–Crippen LogP) is 2.54. The minimum Gasteiger partial charge on any atom is -0.477 e. The highest BCUT2D eigenvalue weighted by Gasteiger charge is 2.08. The molecule has 0 spiro atoms. The van der Waals surface area contributed by atoms with E-state index in [1.54, 1.807) is 12.1 Å². The van der Waals surface area contributed by atoms with Gasteiger partial charge >= 0.3 is 5.97 Å². The molecule has 0 unspecified atom stereocenters. The third-order valence-electron chi connectivity index (χ3n) is 2.45. The number of aliphatic carboxylic acids is 1. The Morgan fingerprint density at radius 2 is 2.05 bits per heavy atom. The third kappa shape index (κ3) is 4.03. The SMILES string of the molecule is CCNc1ccc(/C=C(\C#N)C(=O)O)c(NCC)c1. The number of carboxylic acids is 1. The van der Waals surface area contributed by atoms with Crippen molar-refractivity contribution in [1.82, 2.24) is 0 Å². The van der Waals surface area contributed by atoms with E-state index in [1.807, 2.05) is 26.0 Å². The number of nitriles is 1. The van der Waals surface area contributed by atoms with Crippen LogP contribution in [0.25, 0.3) is 6.08 Å². The second-order valence-electron chi connectivity index (χ2n) is 3.84. The molecule has 0 amide bonds. The normalized spacial score (nSPS) is 10.7. The summed E-state index contributed by atoms with van der Waals surface area (Å²) in [4.78, 5) is 10.8. The van der Waals surface area contributed by atoms with Crippen LogP contribution in [0.4, 0.5) is 11.4 Å². The largest absolute Gasteiger partial charge is 0.477 e. The van der Waals surface area contributed by atoms with Crippen molar-refractivity contribution in [2.45, 2.75) is 13.8 Å². The Hall–Kier alpha value is -2.48. The molecule has 0 aliphatic rings. The smallest absolute Gasteiger partial charge is 0.346 e. The maximum atomic E-state index is 10.8. The minimum absolute atomic E-state index is 0.282. The zero-order valence-electron chi connectivity index (χ0n) is 11.0. The van der Waals surface area contributed by atoms with Gasteiger partial charge < -0.3 is 15.7 Å². The lowest BCUT2D eigenvalue weighted by Gasteiger charge is -2.11. The van der Waals surface area contributed by atoms with E-state index < -0.39 is 5.97 Å². The molecular weight excluding hydrogens is 242 g/mol. The van der Waals surface area contributed by atoms with Crippen LogP contribution in [0.3, 0.4) is 0 Å². The molecule has 0 saturated heterocycles. The van der Waals surface area contributed by atoms with Gasteiger partial charge in [0.05, 0.1) is 0 Å². The summed E-state index contributed by atoms with van der Waals surface area (Å²) in [6.07, 6.45) is 1.37. The molecular formula is C14H17N3O2. The predicted molar refractivity (Wildman–Crippen MR) is 76.0 cm³/mol. The van der Waals surface area contributed by atoms with Gasteiger partial charge in [0.1, 0.15) is 11.6 Å². The van der Waals surface area contributed by atoms with Crippen molar-refractivity contribution < 1.29 is 9.90 Å². The number of anilines is 2. The third-order valence-corrected chi connectivity index (χ3v) is 2.45. The first-order valence-electron chi connectivity index (χ1n) is 6.09. The highest BCUT2D eigenvalue weighted by Crippen LogP contribution is 2.23. The number of hydrogen-bond donors (Lipinski definition) is 3. The quantitative estimate of drug-likeness (QED) is 0.540. The van der Waals surface area contributed by atoms with Gasteiger partial charge in [0.15, 0.2) is 0 Å². The summed E-state index contributed by atoms with van der Waals surface area (Å²) in [6, 6.07) is 7.22. The maximum absolute atomic E-state index is 10.8. The van der Waals surface area contributed by atoms with Crippen LogP contribution in [-0.2, 0) is 4.79 Å². The topological polar surface area (TPSA) is 85.2 Å². The molecule has 3 N–H and O–H groups in total. The summed E-state index contributed by atoms with van der Waals surface area (Å²) in [7, 11) is 0. The van der Waals surface area contributed by atoms with Crippen molar-refractivity contribution in [3.63, 3.8) is 0 Å². The summed E-state index contributed by atoms with van der Waals surface area (Å²) in [5.74, 6) is -1.22. The van der Waals surface area contributed by atoms with Gasteiger partial charge in [0, 0.05) is 24.5 Å². The van der Waals surface area contributed by atoms with E-state index in [-0.39, 0.29) is 5.57 Å².